The molecule has 0 aliphatic rings. The zero-order chi connectivity index (χ0) is 7.98. The van der Waals surface area contributed by atoms with Crippen molar-refractivity contribution < 1.29 is 14.6 Å². The summed E-state index contributed by atoms with van der Waals surface area (Å²) >= 11 is 0. The van der Waals surface area contributed by atoms with Crippen LogP contribution in [0.1, 0.15) is 6.42 Å². The van der Waals surface area contributed by atoms with E-state index in [1.165, 1.54) is 0 Å². The molecule has 10 heavy (non-hydrogen) atoms. The predicted molar refractivity (Wildman–Crippen MR) is 35.4 cm³/mol. The number of nitrogens with two attached hydrogens (primary N) is 1. The fourth-order valence-electron chi connectivity index (χ4n) is 0.475. The summed E-state index contributed by atoms with van der Waals surface area (Å²) in [6.07, 6.45) is -0.490. The zero-order valence-electron chi connectivity index (χ0n) is 5.91. The fraction of sp³-hybridized carbons (Fsp3) is 0.800. The minimum Gasteiger partial charge on any atom is -0.464 e. The first kappa shape index (κ1) is 9.19. The summed E-state index contributed by atoms with van der Waals surface area (Å²) in [4.78, 5) is 10.1. The van der Waals surface area contributed by atoms with E-state index in [0.29, 0.717) is 19.6 Å². The molecule has 5 nitrogen and oxygen atoms in total. The second-order valence-electron chi connectivity index (χ2n) is 1.82. The van der Waals surface area contributed by atoms with Crippen LogP contribution < -0.4 is 5.84 Å². The van der Waals surface area contributed by atoms with Crippen molar-refractivity contribution in [1.82, 2.24) is 5.01 Å². The molecule has 0 aromatic carbocycles. The van der Waals surface area contributed by atoms with Gasteiger partial charge >= 0.3 is 6.09 Å². The summed E-state index contributed by atoms with van der Waals surface area (Å²) in [5.41, 5.74) is 0. The Kier molecular flexibility index (Phi) is 4.61. The van der Waals surface area contributed by atoms with E-state index in [-0.39, 0.29) is 0 Å². The average Bonchev–Trinajstić information content (AvgIpc) is 1.88. The first-order valence-corrected chi connectivity index (χ1v) is 2.92. The molecule has 0 atom stereocenters. The molecule has 3 N–H and O–H groups in total. The molecule has 0 aliphatic heterocycles. The third-order valence-corrected chi connectivity index (χ3v) is 0.993. The maximum Gasteiger partial charge on any atom is 0.421 e. The molecule has 0 unspecified atom stereocenters. The summed E-state index contributed by atoms with van der Waals surface area (Å²) in [5, 5.41) is 8.98. The van der Waals surface area contributed by atoms with Crippen LogP contribution in [0, 0.1) is 0 Å². The second kappa shape index (κ2) is 5.01. The SMILES string of the molecule is COCCCN(N)C(=O)O. The summed E-state index contributed by atoms with van der Waals surface area (Å²) in [6, 6.07) is 0. The van der Waals surface area contributed by atoms with Crippen molar-refractivity contribution >= 4 is 6.09 Å². The van der Waals surface area contributed by atoms with Gasteiger partial charge in [0.2, 0.25) is 0 Å². The molecule has 0 aromatic heterocycles. The van der Waals surface area contributed by atoms with Crippen LogP contribution >= 0.6 is 0 Å². The lowest BCUT2D eigenvalue weighted by molar-refractivity contribution is 0.134. The highest BCUT2D eigenvalue weighted by Gasteiger charge is 2.03. The molecular weight excluding hydrogens is 136 g/mol. The van der Waals surface area contributed by atoms with E-state index in [0.717, 1.165) is 5.01 Å². The van der Waals surface area contributed by atoms with Gasteiger partial charge in [0.15, 0.2) is 0 Å². The van der Waals surface area contributed by atoms with Crippen LogP contribution in [0.25, 0.3) is 0 Å². The van der Waals surface area contributed by atoms with Gasteiger partial charge in [0.05, 0.1) is 0 Å². The molecule has 0 rings (SSSR count). The lowest BCUT2D eigenvalue weighted by Gasteiger charge is -2.10. The van der Waals surface area contributed by atoms with Crippen molar-refractivity contribution in [2.24, 2.45) is 5.84 Å². The van der Waals surface area contributed by atoms with Gasteiger partial charge in [-0.2, -0.15) is 0 Å². The maximum atomic E-state index is 10.1. The summed E-state index contributed by atoms with van der Waals surface area (Å²) in [7, 11) is 1.56. The number of ether oxygens (including phenoxy) is 1. The number of hydrazine groups is 1. The van der Waals surface area contributed by atoms with Crippen molar-refractivity contribution in [3.05, 3.63) is 0 Å². The van der Waals surface area contributed by atoms with Crippen molar-refractivity contribution in [3.8, 4) is 0 Å². The molecule has 0 aliphatic carbocycles. The molecule has 0 saturated carbocycles. The molecule has 0 fully saturated rings. The molecular formula is C5H12N2O3. The molecule has 0 spiro atoms. The highest BCUT2D eigenvalue weighted by atomic mass is 16.5. The standard InChI is InChI=1S/C5H12N2O3/c1-10-4-2-3-7(6)5(8)9/h2-4,6H2,1H3,(H,8,9). The van der Waals surface area contributed by atoms with Gasteiger partial charge in [-0.15, -0.1) is 0 Å². The number of hydrogen-bond acceptors (Lipinski definition) is 3. The third kappa shape index (κ3) is 4.11. The largest absolute Gasteiger partial charge is 0.464 e. The highest BCUT2D eigenvalue weighted by molar-refractivity contribution is 5.63. The van der Waals surface area contributed by atoms with Gasteiger partial charge in [0.1, 0.15) is 0 Å². The molecule has 60 valence electrons. The first-order valence-electron chi connectivity index (χ1n) is 2.92. The Morgan fingerprint density at radius 2 is 2.40 bits per heavy atom. The van der Waals surface area contributed by atoms with E-state index in [1.807, 2.05) is 0 Å². The summed E-state index contributed by atoms with van der Waals surface area (Å²) in [6.45, 7) is 0.837. The Balaban J connectivity index is 3.21. The molecule has 5 heteroatoms. The van der Waals surface area contributed by atoms with E-state index >= 15 is 0 Å². The van der Waals surface area contributed by atoms with Gasteiger partial charge < -0.3 is 9.84 Å². The lowest BCUT2D eigenvalue weighted by atomic mass is 10.4. The number of amides is 1. The minimum atomic E-state index is -1.11. The maximum absolute atomic E-state index is 10.1. The number of rotatable bonds is 4. The number of nitrogens with zero attached hydrogens (tertiary/aromatic N) is 1. The third-order valence-electron chi connectivity index (χ3n) is 0.993. The zero-order valence-corrected chi connectivity index (χ0v) is 5.91. The monoisotopic (exact) mass is 148 g/mol. The number of methoxy groups -OCH3 is 1. The van der Waals surface area contributed by atoms with Gasteiger partial charge in [0, 0.05) is 20.3 Å². The van der Waals surface area contributed by atoms with Crippen LogP contribution in [0.4, 0.5) is 4.79 Å². The summed E-state index contributed by atoms with van der Waals surface area (Å²) < 4.78 is 4.70. The average molecular weight is 148 g/mol. The van der Waals surface area contributed by atoms with Crippen molar-refractivity contribution in [2.45, 2.75) is 6.42 Å². The molecule has 0 radical (unpaired) electrons. The van der Waals surface area contributed by atoms with Crippen LogP contribution in [0.2, 0.25) is 0 Å². The highest BCUT2D eigenvalue weighted by Crippen LogP contribution is 1.84. The van der Waals surface area contributed by atoms with Crippen LogP contribution in [-0.4, -0.2) is 36.5 Å². The molecule has 0 heterocycles. The van der Waals surface area contributed by atoms with Gasteiger partial charge in [-0.05, 0) is 6.42 Å². The fourth-order valence-corrected chi connectivity index (χ4v) is 0.475. The number of carboxylic acid groups (broad SMARTS) is 1. The van der Waals surface area contributed by atoms with Crippen LogP contribution in [0.3, 0.4) is 0 Å². The molecule has 0 aromatic rings. The van der Waals surface area contributed by atoms with E-state index in [9.17, 15) is 4.79 Å². The quantitative estimate of drug-likeness (QED) is 0.252. The number of carbonyl (C=O) groups is 1. The van der Waals surface area contributed by atoms with Gasteiger partial charge in [-0.25, -0.2) is 15.6 Å². The summed E-state index contributed by atoms with van der Waals surface area (Å²) in [5.74, 6) is 5.04. The van der Waals surface area contributed by atoms with E-state index in [1.54, 1.807) is 7.11 Å². The van der Waals surface area contributed by atoms with E-state index < -0.39 is 6.09 Å². The van der Waals surface area contributed by atoms with E-state index in [2.05, 4.69) is 0 Å². The second-order valence-corrected chi connectivity index (χ2v) is 1.82. The Hall–Kier alpha value is -0.810. The smallest absolute Gasteiger partial charge is 0.421 e. The lowest BCUT2D eigenvalue weighted by Crippen LogP contribution is -2.37. The van der Waals surface area contributed by atoms with Gasteiger partial charge in [-0.3, -0.25) is 0 Å². The minimum absolute atomic E-state index is 0.309. The Morgan fingerprint density at radius 3 is 2.80 bits per heavy atom. The normalized spacial score (nSPS) is 9.40. The predicted octanol–water partition coefficient (Wildman–Crippen LogP) is -0.123. The molecule has 0 bridgehead atoms. The molecule has 1 amide bonds. The van der Waals surface area contributed by atoms with Crippen LogP contribution in [0.5, 0.6) is 0 Å². The van der Waals surface area contributed by atoms with Crippen LogP contribution in [0.15, 0.2) is 0 Å². The van der Waals surface area contributed by atoms with Crippen molar-refractivity contribution in [2.75, 3.05) is 20.3 Å². The number of hydrogen-bond donors (Lipinski definition) is 2. The molecule has 0 saturated heterocycles. The van der Waals surface area contributed by atoms with Crippen molar-refractivity contribution in [1.29, 1.82) is 0 Å². The first-order chi connectivity index (χ1) is 4.68. The Morgan fingerprint density at radius 1 is 1.80 bits per heavy atom. The van der Waals surface area contributed by atoms with Gasteiger partial charge in [0.25, 0.3) is 0 Å². The topological polar surface area (TPSA) is 75.8 Å². The Labute approximate surface area is 59.3 Å². The van der Waals surface area contributed by atoms with Crippen molar-refractivity contribution in [3.63, 3.8) is 0 Å². The van der Waals surface area contributed by atoms with Gasteiger partial charge in [-0.1, -0.05) is 0 Å². The van der Waals surface area contributed by atoms with E-state index in [4.69, 9.17) is 15.7 Å². The Bertz CT molecular complexity index is 107. The van der Waals surface area contributed by atoms with Crippen LogP contribution in [-0.2, 0) is 4.74 Å².